The number of hydrogen-bond acceptors (Lipinski definition) is 1. The van der Waals surface area contributed by atoms with Gasteiger partial charge in [-0.3, -0.25) is 0 Å². The van der Waals surface area contributed by atoms with E-state index in [9.17, 15) is 0 Å². The topological polar surface area (TPSA) is 17.8 Å². The summed E-state index contributed by atoms with van der Waals surface area (Å²) in [5.74, 6) is 0. The Morgan fingerprint density at radius 2 is 1.68 bits per heavy atom. The zero-order valence-electron chi connectivity index (χ0n) is 12.7. The van der Waals surface area contributed by atoms with Crippen molar-refractivity contribution in [1.29, 1.82) is 0 Å². The summed E-state index contributed by atoms with van der Waals surface area (Å²) in [5, 5.41) is 0. The predicted molar refractivity (Wildman–Crippen MR) is 80.5 cm³/mol. The third-order valence-electron chi connectivity index (χ3n) is 3.69. The molecule has 0 unspecified atom stereocenters. The summed E-state index contributed by atoms with van der Waals surface area (Å²) in [6, 6.07) is 6.51. The van der Waals surface area contributed by atoms with Gasteiger partial charge in [0.1, 0.15) is 0 Å². The standard InChI is InChI=1S/C17H24N2/c1-13-7-6-8-14(2)16(13)10-9-15-11-19(12-18-15)17(3,4)5/h6-8,11-12H,9-10H2,1-5H3. The number of aryl methyl sites for hydroxylation is 3. The molecule has 0 saturated heterocycles. The third kappa shape index (κ3) is 3.25. The van der Waals surface area contributed by atoms with E-state index in [2.05, 4.69) is 68.6 Å². The molecule has 102 valence electrons. The highest BCUT2D eigenvalue weighted by Crippen LogP contribution is 2.17. The molecule has 19 heavy (non-hydrogen) atoms. The lowest BCUT2D eigenvalue weighted by atomic mass is 9.98. The molecule has 0 radical (unpaired) electrons. The first-order chi connectivity index (χ1) is 8.88. The van der Waals surface area contributed by atoms with Gasteiger partial charge < -0.3 is 4.57 Å². The van der Waals surface area contributed by atoms with Crippen LogP contribution < -0.4 is 0 Å². The van der Waals surface area contributed by atoms with Gasteiger partial charge in [-0.2, -0.15) is 0 Å². The van der Waals surface area contributed by atoms with Gasteiger partial charge in [0.2, 0.25) is 0 Å². The van der Waals surface area contributed by atoms with Crippen molar-refractivity contribution in [1.82, 2.24) is 9.55 Å². The van der Waals surface area contributed by atoms with Crippen molar-refractivity contribution in [3.63, 3.8) is 0 Å². The van der Waals surface area contributed by atoms with E-state index < -0.39 is 0 Å². The zero-order chi connectivity index (χ0) is 14.0. The Bertz CT molecular complexity index is 539. The maximum absolute atomic E-state index is 4.52. The van der Waals surface area contributed by atoms with Crippen LogP contribution in [0.15, 0.2) is 30.7 Å². The van der Waals surface area contributed by atoms with E-state index in [0.717, 1.165) is 12.8 Å². The predicted octanol–water partition coefficient (Wildman–Crippen LogP) is 4.04. The van der Waals surface area contributed by atoms with E-state index in [1.165, 1.54) is 22.4 Å². The number of hydrogen-bond donors (Lipinski definition) is 0. The minimum Gasteiger partial charge on any atom is -0.332 e. The molecule has 0 aliphatic carbocycles. The van der Waals surface area contributed by atoms with Crippen molar-refractivity contribution in [2.45, 2.75) is 53.0 Å². The first kappa shape index (κ1) is 13.9. The average Bonchev–Trinajstić information content (AvgIpc) is 2.77. The summed E-state index contributed by atoms with van der Waals surface area (Å²) >= 11 is 0. The Kier molecular flexibility index (Phi) is 3.79. The fraction of sp³-hybridized carbons (Fsp3) is 0.471. The number of benzene rings is 1. The second-order valence-electron chi connectivity index (χ2n) is 6.31. The first-order valence-electron chi connectivity index (χ1n) is 6.96. The van der Waals surface area contributed by atoms with Crippen molar-refractivity contribution in [2.75, 3.05) is 0 Å². The molecule has 0 bridgehead atoms. The van der Waals surface area contributed by atoms with Gasteiger partial charge in [0.25, 0.3) is 0 Å². The molecule has 0 fully saturated rings. The van der Waals surface area contributed by atoms with Crippen LogP contribution >= 0.6 is 0 Å². The zero-order valence-corrected chi connectivity index (χ0v) is 12.7. The van der Waals surface area contributed by atoms with Crippen molar-refractivity contribution in [3.8, 4) is 0 Å². The molecule has 0 spiro atoms. The summed E-state index contributed by atoms with van der Waals surface area (Å²) in [6.45, 7) is 11.0. The molecule has 2 nitrogen and oxygen atoms in total. The summed E-state index contributed by atoms with van der Waals surface area (Å²) in [7, 11) is 0. The van der Waals surface area contributed by atoms with Gasteiger partial charge in [-0.05, 0) is 64.2 Å². The highest BCUT2D eigenvalue weighted by atomic mass is 15.1. The van der Waals surface area contributed by atoms with Crippen molar-refractivity contribution < 1.29 is 0 Å². The van der Waals surface area contributed by atoms with Crippen LogP contribution in [0.5, 0.6) is 0 Å². The fourth-order valence-electron chi connectivity index (χ4n) is 2.36. The molecule has 2 heteroatoms. The maximum atomic E-state index is 4.52. The average molecular weight is 256 g/mol. The summed E-state index contributed by atoms with van der Waals surface area (Å²) in [5.41, 5.74) is 5.53. The lowest BCUT2D eigenvalue weighted by Gasteiger charge is -2.19. The van der Waals surface area contributed by atoms with E-state index in [1.54, 1.807) is 0 Å². The largest absolute Gasteiger partial charge is 0.332 e. The van der Waals surface area contributed by atoms with Gasteiger partial charge in [-0.15, -0.1) is 0 Å². The Balaban J connectivity index is 2.09. The van der Waals surface area contributed by atoms with Gasteiger partial charge in [0.15, 0.2) is 0 Å². The van der Waals surface area contributed by atoms with Crippen molar-refractivity contribution >= 4 is 0 Å². The minimum atomic E-state index is 0.115. The van der Waals surface area contributed by atoms with Crippen LogP contribution in [-0.4, -0.2) is 9.55 Å². The Morgan fingerprint density at radius 1 is 1.05 bits per heavy atom. The van der Waals surface area contributed by atoms with E-state index in [0.29, 0.717) is 0 Å². The summed E-state index contributed by atoms with van der Waals surface area (Å²) < 4.78 is 2.19. The molecule has 0 N–H and O–H groups in total. The molecule has 2 rings (SSSR count). The molecular weight excluding hydrogens is 232 g/mol. The second kappa shape index (κ2) is 5.20. The van der Waals surface area contributed by atoms with Crippen LogP contribution in [0, 0.1) is 13.8 Å². The molecule has 1 aromatic heterocycles. The van der Waals surface area contributed by atoms with E-state index in [-0.39, 0.29) is 5.54 Å². The monoisotopic (exact) mass is 256 g/mol. The number of rotatable bonds is 3. The first-order valence-corrected chi connectivity index (χ1v) is 6.96. The van der Waals surface area contributed by atoms with Gasteiger partial charge in [0, 0.05) is 11.7 Å². The van der Waals surface area contributed by atoms with Crippen molar-refractivity contribution in [2.24, 2.45) is 0 Å². The van der Waals surface area contributed by atoms with Crippen LogP contribution in [-0.2, 0) is 18.4 Å². The third-order valence-corrected chi connectivity index (χ3v) is 3.69. The second-order valence-corrected chi connectivity index (χ2v) is 6.31. The quantitative estimate of drug-likeness (QED) is 0.810. The Labute approximate surface area is 116 Å². The van der Waals surface area contributed by atoms with E-state index in [4.69, 9.17) is 0 Å². The summed E-state index contributed by atoms with van der Waals surface area (Å²) in [4.78, 5) is 4.52. The van der Waals surface area contributed by atoms with Gasteiger partial charge in [-0.25, -0.2) is 4.98 Å². The number of nitrogens with zero attached hydrogens (tertiary/aromatic N) is 2. The molecule has 2 aromatic rings. The molecule has 0 aliphatic rings. The normalized spacial score (nSPS) is 11.8. The number of aromatic nitrogens is 2. The van der Waals surface area contributed by atoms with Crippen LogP contribution in [0.3, 0.4) is 0 Å². The molecule has 0 atom stereocenters. The van der Waals surface area contributed by atoms with Gasteiger partial charge >= 0.3 is 0 Å². The van der Waals surface area contributed by atoms with Gasteiger partial charge in [-0.1, -0.05) is 18.2 Å². The molecule has 1 aromatic carbocycles. The summed E-state index contributed by atoms with van der Waals surface area (Å²) in [6.07, 6.45) is 6.20. The Morgan fingerprint density at radius 3 is 2.21 bits per heavy atom. The van der Waals surface area contributed by atoms with Crippen molar-refractivity contribution in [3.05, 3.63) is 53.1 Å². The molecule has 0 amide bonds. The maximum Gasteiger partial charge on any atom is 0.0954 e. The highest BCUT2D eigenvalue weighted by molar-refractivity contribution is 5.33. The lowest BCUT2D eigenvalue weighted by Crippen LogP contribution is -2.19. The van der Waals surface area contributed by atoms with Gasteiger partial charge in [0.05, 0.1) is 12.0 Å². The fourth-order valence-corrected chi connectivity index (χ4v) is 2.36. The lowest BCUT2D eigenvalue weighted by molar-refractivity contribution is 0.396. The SMILES string of the molecule is Cc1cccc(C)c1CCc1cn(C(C)(C)C)cn1. The van der Waals surface area contributed by atoms with E-state index >= 15 is 0 Å². The minimum absolute atomic E-state index is 0.115. The number of imidazole rings is 1. The smallest absolute Gasteiger partial charge is 0.0954 e. The molecule has 0 aliphatic heterocycles. The Hall–Kier alpha value is -1.57. The highest BCUT2D eigenvalue weighted by Gasteiger charge is 2.13. The van der Waals surface area contributed by atoms with Crippen LogP contribution in [0.2, 0.25) is 0 Å². The van der Waals surface area contributed by atoms with E-state index in [1.807, 2.05) is 6.33 Å². The van der Waals surface area contributed by atoms with Crippen LogP contribution in [0.4, 0.5) is 0 Å². The molecule has 0 saturated carbocycles. The van der Waals surface area contributed by atoms with Crippen LogP contribution in [0.1, 0.15) is 43.2 Å². The molecular formula is C17H24N2. The molecule has 1 heterocycles. The van der Waals surface area contributed by atoms with Crippen LogP contribution in [0.25, 0.3) is 0 Å².